The van der Waals surface area contributed by atoms with E-state index in [-0.39, 0.29) is 0 Å². The van der Waals surface area contributed by atoms with Crippen LogP contribution in [0.5, 0.6) is 11.5 Å². The summed E-state index contributed by atoms with van der Waals surface area (Å²) < 4.78 is 6.48. The lowest BCUT2D eigenvalue weighted by atomic mass is 10.2. The van der Waals surface area contributed by atoms with Crippen molar-refractivity contribution >= 4 is 33.4 Å². The monoisotopic (exact) mass is 334 g/mol. The topological polar surface area (TPSA) is 59.0 Å². The van der Waals surface area contributed by atoms with Gasteiger partial charge in [-0.05, 0) is 46.5 Å². The smallest absolute Gasteiger partial charge is 0.146 e. The molecular formula is C14H11BrN2OS. The van der Waals surface area contributed by atoms with Gasteiger partial charge in [0, 0.05) is 10.6 Å². The average Bonchev–Trinajstić information content (AvgIpc) is 2.43. The van der Waals surface area contributed by atoms with Gasteiger partial charge in [0.05, 0.1) is 4.47 Å². The Morgan fingerprint density at radius 2 is 1.89 bits per heavy atom. The third-order valence-corrected chi connectivity index (χ3v) is 4.16. The Labute approximate surface area is 124 Å². The first-order chi connectivity index (χ1) is 9.17. The second kappa shape index (κ2) is 6.00. The Morgan fingerprint density at radius 3 is 2.58 bits per heavy atom. The van der Waals surface area contributed by atoms with E-state index in [4.69, 9.17) is 10.5 Å². The van der Waals surface area contributed by atoms with Crippen molar-refractivity contribution in [2.45, 2.75) is 4.90 Å². The largest absolute Gasteiger partial charge is 0.455 e. The maximum absolute atomic E-state index is 9.25. The third-order valence-electron chi connectivity index (χ3n) is 2.53. The minimum atomic E-state index is 0.528. The Morgan fingerprint density at radius 1 is 1.21 bits per heavy atom. The summed E-state index contributed by atoms with van der Waals surface area (Å²) in [5.74, 6) is 1.12. The number of thioether (sulfide) groups is 1. The van der Waals surface area contributed by atoms with Crippen molar-refractivity contribution in [3.8, 4) is 17.6 Å². The number of hydrogen-bond donors (Lipinski definition) is 1. The SMILES string of the molecule is CSc1cccc(Oc2cccc(N)c2Br)c1C#N. The van der Waals surface area contributed by atoms with Crippen LogP contribution in [0.2, 0.25) is 0 Å². The first-order valence-corrected chi connectivity index (χ1v) is 7.48. The van der Waals surface area contributed by atoms with Gasteiger partial charge in [-0.2, -0.15) is 5.26 Å². The summed E-state index contributed by atoms with van der Waals surface area (Å²) in [4.78, 5) is 0.889. The number of benzene rings is 2. The molecule has 3 nitrogen and oxygen atoms in total. The highest BCUT2D eigenvalue weighted by atomic mass is 79.9. The normalized spacial score (nSPS) is 9.95. The molecule has 0 unspecified atom stereocenters. The molecule has 2 aromatic carbocycles. The summed E-state index contributed by atoms with van der Waals surface area (Å²) >= 11 is 4.89. The Hall–Kier alpha value is -1.64. The van der Waals surface area contributed by atoms with Crippen LogP contribution in [-0.2, 0) is 0 Å². The molecule has 0 aliphatic carbocycles. The predicted molar refractivity (Wildman–Crippen MR) is 81.6 cm³/mol. The summed E-state index contributed by atoms with van der Waals surface area (Å²) in [6.07, 6.45) is 1.93. The maximum Gasteiger partial charge on any atom is 0.146 e. The second-order valence-corrected chi connectivity index (χ2v) is 5.35. The zero-order chi connectivity index (χ0) is 13.8. The van der Waals surface area contributed by atoms with E-state index in [1.807, 2.05) is 18.4 Å². The summed E-state index contributed by atoms with van der Waals surface area (Å²) in [6.45, 7) is 0. The van der Waals surface area contributed by atoms with Gasteiger partial charge in [0.15, 0.2) is 0 Å². The predicted octanol–water partition coefficient (Wildman–Crippen LogP) is 4.42. The first-order valence-electron chi connectivity index (χ1n) is 5.46. The molecule has 2 N–H and O–H groups in total. The van der Waals surface area contributed by atoms with Crippen molar-refractivity contribution in [2.75, 3.05) is 12.0 Å². The van der Waals surface area contributed by atoms with E-state index in [1.54, 1.807) is 24.3 Å². The van der Waals surface area contributed by atoms with Crippen LogP contribution in [0.1, 0.15) is 5.56 Å². The van der Waals surface area contributed by atoms with E-state index < -0.39 is 0 Å². The molecule has 0 aliphatic heterocycles. The molecule has 0 fully saturated rings. The molecule has 2 rings (SSSR count). The van der Waals surface area contributed by atoms with E-state index >= 15 is 0 Å². The summed E-state index contributed by atoms with van der Waals surface area (Å²) in [5.41, 5.74) is 6.93. The van der Waals surface area contributed by atoms with Crippen LogP contribution in [0.4, 0.5) is 5.69 Å². The van der Waals surface area contributed by atoms with Gasteiger partial charge in [-0.1, -0.05) is 12.1 Å². The third kappa shape index (κ3) is 2.86. The minimum absolute atomic E-state index is 0.528. The van der Waals surface area contributed by atoms with E-state index in [2.05, 4.69) is 22.0 Å². The fourth-order valence-corrected chi connectivity index (χ4v) is 2.51. The lowest BCUT2D eigenvalue weighted by Gasteiger charge is -2.11. The molecule has 2 aromatic rings. The maximum atomic E-state index is 9.25. The number of rotatable bonds is 3. The van der Waals surface area contributed by atoms with Crippen molar-refractivity contribution < 1.29 is 4.74 Å². The Balaban J connectivity index is 2.44. The summed E-state index contributed by atoms with van der Waals surface area (Å²) in [7, 11) is 0. The number of hydrogen-bond acceptors (Lipinski definition) is 4. The van der Waals surface area contributed by atoms with Gasteiger partial charge >= 0.3 is 0 Å². The summed E-state index contributed by atoms with van der Waals surface area (Å²) in [5, 5.41) is 9.25. The fourth-order valence-electron chi connectivity index (χ4n) is 1.60. The minimum Gasteiger partial charge on any atom is -0.455 e. The van der Waals surface area contributed by atoms with Crippen LogP contribution in [0, 0.1) is 11.3 Å². The highest BCUT2D eigenvalue weighted by molar-refractivity contribution is 9.10. The molecule has 96 valence electrons. The molecular weight excluding hydrogens is 324 g/mol. The lowest BCUT2D eigenvalue weighted by Crippen LogP contribution is -1.93. The molecule has 0 saturated carbocycles. The second-order valence-electron chi connectivity index (χ2n) is 3.71. The molecule has 0 bridgehead atoms. The Bertz CT molecular complexity index is 652. The van der Waals surface area contributed by atoms with Gasteiger partial charge in [-0.25, -0.2) is 0 Å². The zero-order valence-electron chi connectivity index (χ0n) is 10.2. The number of nitrogen functional groups attached to an aromatic ring is 1. The molecule has 0 spiro atoms. The average molecular weight is 335 g/mol. The van der Waals surface area contributed by atoms with Crippen molar-refractivity contribution in [1.29, 1.82) is 5.26 Å². The van der Waals surface area contributed by atoms with E-state index in [9.17, 15) is 5.26 Å². The van der Waals surface area contributed by atoms with Crippen molar-refractivity contribution in [3.63, 3.8) is 0 Å². The quantitative estimate of drug-likeness (QED) is 0.666. The van der Waals surface area contributed by atoms with Crippen LogP contribution >= 0.6 is 27.7 Å². The van der Waals surface area contributed by atoms with E-state index in [0.717, 1.165) is 4.90 Å². The lowest BCUT2D eigenvalue weighted by molar-refractivity contribution is 0.477. The molecule has 0 saturated heterocycles. The van der Waals surface area contributed by atoms with Crippen LogP contribution < -0.4 is 10.5 Å². The van der Waals surface area contributed by atoms with Crippen LogP contribution in [0.25, 0.3) is 0 Å². The highest BCUT2D eigenvalue weighted by Gasteiger charge is 2.11. The van der Waals surface area contributed by atoms with Crippen molar-refractivity contribution in [2.24, 2.45) is 0 Å². The number of nitrogens with two attached hydrogens (primary N) is 1. The molecule has 5 heteroatoms. The van der Waals surface area contributed by atoms with Gasteiger partial charge in [0.2, 0.25) is 0 Å². The van der Waals surface area contributed by atoms with Crippen LogP contribution in [0.15, 0.2) is 45.8 Å². The van der Waals surface area contributed by atoms with Crippen LogP contribution in [0.3, 0.4) is 0 Å². The number of anilines is 1. The zero-order valence-corrected chi connectivity index (χ0v) is 12.6. The van der Waals surface area contributed by atoms with Crippen LogP contribution in [-0.4, -0.2) is 6.26 Å². The van der Waals surface area contributed by atoms with Gasteiger partial charge < -0.3 is 10.5 Å². The van der Waals surface area contributed by atoms with Gasteiger partial charge in [-0.3, -0.25) is 0 Å². The fraction of sp³-hybridized carbons (Fsp3) is 0.0714. The number of nitrogens with zero attached hydrogens (tertiary/aromatic N) is 1. The van der Waals surface area contributed by atoms with Gasteiger partial charge in [0.1, 0.15) is 23.1 Å². The van der Waals surface area contributed by atoms with E-state index in [0.29, 0.717) is 27.2 Å². The van der Waals surface area contributed by atoms with Gasteiger partial charge in [-0.15, -0.1) is 11.8 Å². The molecule has 0 aliphatic rings. The molecule has 0 amide bonds. The highest BCUT2D eigenvalue weighted by Crippen LogP contribution is 2.36. The van der Waals surface area contributed by atoms with E-state index in [1.165, 1.54) is 11.8 Å². The number of halogens is 1. The molecule has 0 atom stereocenters. The first kappa shape index (κ1) is 13.8. The summed E-state index contributed by atoms with van der Waals surface area (Å²) in [6, 6.07) is 13.1. The Kier molecular flexibility index (Phi) is 4.35. The standard InChI is InChI=1S/C14H11BrN2OS/c1-19-13-7-3-5-11(9(13)8-16)18-12-6-2-4-10(17)14(12)15/h2-7H,17H2,1H3. The van der Waals surface area contributed by atoms with Crippen molar-refractivity contribution in [3.05, 3.63) is 46.4 Å². The molecule has 0 aromatic heterocycles. The molecule has 0 heterocycles. The molecule has 0 radical (unpaired) electrons. The number of ether oxygens (including phenoxy) is 1. The number of nitriles is 1. The van der Waals surface area contributed by atoms with Crippen molar-refractivity contribution in [1.82, 2.24) is 0 Å². The van der Waals surface area contributed by atoms with Gasteiger partial charge in [0.25, 0.3) is 0 Å². The molecule has 19 heavy (non-hydrogen) atoms.